The minimum atomic E-state index is -0.0590. The number of hydrogen-bond acceptors (Lipinski definition) is 4. The maximum atomic E-state index is 12.2. The molecular formula is C15H24N4O2. The summed E-state index contributed by atoms with van der Waals surface area (Å²) in [5.41, 5.74) is 1.91. The highest BCUT2D eigenvalue weighted by atomic mass is 16.3. The Morgan fingerprint density at radius 3 is 2.33 bits per heavy atom. The van der Waals surface area contributed by atoms with Crippen LogP contribution in [0.25, 0.3) is 0 Å². The second kappa shape index (κ2) is 7.28. The molecule has 0 bridgehead atoms. The molecule has 116 valence electrons. The van der Waals surface area contributed by atoms with E-state index in [0.717, 1.165) is 24.5 Å². The zero-order valence-corrected chi connectivity index (χ0v) is 12.7. The molecule has 2 rings (SSSR count). The first-order chi connectivity index (χ1) is 10.1. The van der Waals surface area contributed by atoms with Gasteiger partial charge in [0.15, 0.2) is 0 Å². The third-order valence-electron chi connectivity index (χ3n) is 3.71. The summed E-state index contributed by atoms with van der Waals surface area (Å²) in [5, 5.41) is 11.8. The Hall–Kier alpha value is -1.79. The van der Waals surface area contributed by atoms with Crippen molar-refractivity contribution in [1.29, 1.82) is 0 Å². The van der Waals surface area contributed by atoms with Gasteiger partial charge < -0.3 is 20.2 Å². The molecular weight excluding hydrogens is 268 g/mol. The Balaban J connectivity index is 1.84. The summed E-state index contributed by atoms with van der Waals surface area (Å²) in [5.74, 6) is 0. The minimum Gasteiger partial charge on any atom is -0.395 e. The number of rotatable bonds is 4. The van der Waals surface area contributed by atoms with E-state index in [-0.39, 0.29) is 12.6 Å². The smallest absolute Gasteiger partial charge is 0.321 e. The van der Waals surface area contributed by atoms with E-state index in [0.29, 0.717) is 19.6 Å². The van der Waals surface area contributed by atoms with Crippen molar-refractivity contribution in [2.45, 2.75) is 0 Å². The highest BCUT2D eigenvalue weighted by molar-refractivity contribution is 5.89. The largest absolute Gasteiger partial charge is 0.395 e. The first kappa shape index (κ1) is 15.6. The monoisotopic (exact) mass is 292 g/mol. The van der Waals surface area contributed by atoms with Crippen LogP contribution in [-0.4, -0.2) is 74.4 Å². The summed E-state index contributed by atoms with van der Waals surface area (Å²) in [6.45, 7) is 3.87. The molecule has 0 unspecified atom stereocenters. The second-order valence-corrected chi connectivity index (χ2v) is 5.42. The van der Waals surface area contributed by atoms with E-state index in [4.69, 9.17) is 5.11 Å². The number of hydrogen-bond donors (Lipinski definition) is 2. The van der Waals surface area contributed by atoms with Gasteiger partial charge >= 0.3 is 6.03 Å². The number of urea groups is 1. The van der Waals surface area contributed by atoms with E-state index in [1.54, 1.807) is 0 Å². The van der Waals surface area contributed by atoms with Crippen LogP contribution < -0.4 is 10.2 Å². The zero-order valence-electron chi connectivity index (χ0n) is 12.7. The number of benzene rings is 1. The van der Waals surface area contributed by atoms with Crippen LogP contribution in [0, 0.1) is 0 Å². The van der Waals surface area contributed by atoms with E-state index in [2.05, 4.69) is 10.2 Å². The van der Waals surface area contributed by atoms with Crippen molar-refractivity contribution in [2.24, 2.45) is 0 Å². The van der Waals surface area contributed by atoms with Crippen molar-refractivity contribution in [3.8, 4) is 0 Å². The lowest BCUT2D eigenvalue weighted by atomic mass is 10.2. The number of piperazine rings is 1. The molecule has 1 aliphatic heterocycles. The number of nitrogens with zero attached hydrogens (tertiary/aromatic N) is 3. The van der Waals surface area contributed by atoms with E-state index < -0.39 is 0 Å². The van der Waals surface area contributed by atoms with Crippen molar-refractivity contribution in [3.63, 3.8) is 0 Å². The lowest BCUT2D eigenvalue weighted by Crippen LogP contribution is -2.50. The quantitative estimate of drug-likeness (QED) is 0.865. The lowest BCUT2D eigenvalue weighted by Gasteiger charge is -2.34. The van der Waals surface area contributed by atoms with Crippen LogP contribution >= 0.6 is 0 Å². The van der Waals surface area contributed by atoms with Gasteiger partial charge in [0.25, 0.3) is 0 Å². The maximum absolute atomic E-state index is 12.2. The average Bonchev–Trinajstić information content (AvgIpc) is 2.49. The molecule has 0 aromatic heterocycles. The number of aliphatic hydroxyl groups excluding tert-OH is 1. The van der Waals surface area contributed by atoms with Gasteiger partial charge in [-0.05, 0) is 24.3 Å². The molecule has 2 N–H and O–H groups in total. The summed E-state index contributed by atoms with van der Waals surface area (Å²) in [7, 11) is 3.97. The predicted molar refractivity (Wildman–Crippen MR) is 84.9 cm³/mol. The third kappa shape index (κ3) is 4.34. The topological polar surface area (TPSA) is 59.1 Å². The van der Waals surface area contributed by atoms with Crippen LogP contribution in [-0.2, 0) is 0 Å². The van der Waals surface area contributed by atoms with Gasteiger partial charge in [-0.2, -0.15) is 0 Å². The summed E-state index contributed by atoms with van der Waals surface area (Å²) in [6.07, 6.45) is 0. The number of amides is 2. The Labute approximate surface area is 125 Å². The highest BCUT2D eigenvalue weighted by Crippen LogP contribution is 2.16. The lowest BCUT2D eigenvalue weighted by molar-refractivity contribution is 0.127. The molecule has 2 amide bonds. The number of β-amino-alcohol motifs (C(OH)–C–C–N with tert-alkyl or cyclic N) is 1. The fourth-order valence-electron chi connectivity index (χ4n) is 2.36. The minimum absolute atomic E-state index is 0.0590. The van der Waals surface area contributed by atoms with Crippen molar-refractivity contribution < 1.29 is 9.90 Å². The SMILES string of the molecule is CN(C)c1ccc(NC(=O)N2CCN(CCO)CC2)cc1. The molecule has 1 aromatic carbocycles. The van der Waals surface area contributed by atoms with E-state index in [9.17, 15) is 4.79 Å². The molecule has 1 fully saturated rings. The first-order valence-electron chi connectivity index (χ1n) is 7.26. The van der Waals surface area contributed by atoms with Gasteiger partial charge in [0.1, 0.15) is 0 Å². The van der Waals surface area contributed by atoms with Gasteiger partial charge in [-0.15, -0.1) is 0 Å². The van der Waals surface area contributed by atoms with Crippen molar-refractivity contribution in [3.05, 3.63) is 24.3 Å². The molecule has 0 aliphatic carbocycles. The number of nitrogens with one attached hydrogen (secondary N) is 1. The van der Waals surface area contributed by atoms with Gasteiger partial charge in [-0.1, -0.05) is 0 Å². The summed E-state index contributed by atoms with van der Waals surface area (Å²) < 4.78 is 0. The number of carbonyl (C=O) groups is 1. The van der Waals surface area contributed by atoms with Crippen LogP contribution in [0.5, 0.6) is 0 Å². The molecule has 1 aliphatic rings. The summed E-state index contributed by atoms with van der Waals surface area (Å²) in [4.78, 5) is 18.2. The van der Waals surface area contributed by atoms with E-state index in [1.807, 2.05) is 48.2 Å². The van der Waals surface area contributed by atoms with Crippen molar-refractivity contribution in [2.75, 3.05) is 63.6 Å². The third-order valence-corrected chi connectivity index (χ3v) is 3.71. The fourth-order valence-corrected chi connectivity index (χ4v) is 2.36. The molecule has 1 aromatic rings. The van der Waals surface area contributed by atoms with E-state index >= 15 is 0 Å². The Morgan fingerprint density at radius 2 is 1.81 bits per heavy atom. The molecule has 21 heavy (non-hydrogen) atoms. The molecule has 0 radical (unpaired) electrons. The fraction of sp³-hybridized carbons (Fsp3) is 0.533. The molecule has 6 heteroatoms. The molecule has 0 spiro atoms. The van der Waals surface area contributed by atoms with Gasteiger partial charge in [-0.25, -0.2) is 4.79 Å². The van der Waals surface area contributed by atoms with Crippen molar-refractivity contribution in [1.82, 2.24) is 9.80 Å². The summed E-state index contributed by atoms with van der Waals surface area (Å²) >= 11 is 0. The number of aliphatic hydroxyl groups is 1. The van der Waals surface area contributed by atoms with Gasteiger partial charge in [0.05, 0.1) is 6.61 Å². The molecule has 1 saturated heterocycles. The predicted octanol–water partition coefficient (Wildman–Crippen LogP) is 0.894. The Kier molecular flexibility index (Phi) is 5.41. The highest BCUT2D eigenvalue weighted by Gasteiger charge is 2.20. The zero-order chi connectivity index (χ0) is 15.2. The molecule has 0 saturated carbocycles. The molecule has 0 atom stereocenters. The number of carbonyl (C=O) groups excluding carboxylic acids is 1. The Bertz CT molecular complexity index is 453. The molecule has 6 nitrogen and oxygen atoms in total. The Morgan fingerprint density at radius 1 is 1.19 bits per heavy atom. The van der Waals surface area contributed by atoms with Crippen LogP contribution in [0.4, 0.5) is 16.2 Å². The van der Waals surface area contributed by atoms with Crippen LogP contribution in [0.1, 0.15) is 0 Å². The van der Waals surface area contributed by atoms with Crippen molar-refractivity contribution >= 4 is 17.4 Å². The van der Waals surface area contributed by atoms with E-state index in [1.165, 1.54) is 0 Å². The normalized spacial score (nSPS) is 15.9. The van der Waals surface area contributed by atoms with Gasteiger partial charge in [-0.3, -0.25) is 4.90 Å². The molecule has 1 heterocycles. The van der Waals surface area contributed by atoms with Gasteiger partial charge in [0, 0.05) is 58.2 Å². The van der Waals surface area contributed by atoms with Crippen LogP contribution in [0.15, 0.2) is 24.3 Å². The second-order valence-electron chi connectivity index (χ2n) is 5.42. The number of anilines is 2. The van der Waals surface area contributed by atoms with Gasteiger partial charge in [0.2, 0.25) is 0 Å². The maximum Gasteiger partial charge on any atom is 0.321 e. The van der Waals surface area contributed by atoms with Crippen LogP contribution in [0.2, 0.25) is 0 Å². The summed E-state index contributed by atoms with van der Waals surface area (Å²) in [6, 6.07) is 7.73. The average molecular weight is 292 g/mol. The van der Waals surface area contributed by atoms with Crippen LogP contribution in [0.3, 0.4) is 0 Å². The standard InChI is InChI=1S/C15H24N4O2/c1-17(2)14-5-3-13(4-6-14)16-15(21)19-9-7-18(8-10-19)11-12-20/h3-6,20H,7-12H2,1-2H3,(H,16,21). The first-order valence-corrected chi connectivity index (χ1v) is 7.26.